The minimum atomic E-state index is 0.531. The number of para-hydroxylation sites is 4. The number of rotatable bonds is 2. The highest BCUT2D eigenvalue weighted by Gasteiger charge is 2.33. The van der Waals surface area contributed by atoms with Crippen molar-refractivity contribution in [1.82, 2.24) is 14.5 Å². The second kappa shape index (κ2) is 13.3. The molecule has 0 aliphatic carbocycles. The number of pyridine rings is 2. The van der Waals surface area contributed by atoms with Gasteiger partial charge in [0.1, 0.15) is 29.8 Å². The predicted octanol–water partition coefficient (Wildman–Crippen LogP) is 13.6. The summed E-state index contributed by atoms with van der Waals surface area (Å²) in [6.07, 6.45) is 0. The molecule has 12 rings (SSSR count). The molecule has 59 heavy (non-hydrogen) atoms. The fourth-order valence-electron chi connectivity index (χ4n) is 8.99. The highest BCUT2D eigenvalue weighted by atomic mass is 16.5. The zero-order chi connectivity index (χ0) is 38.9. The monoisotopic (exact) mass is 757 g/mol. The van der Waals surface area contributed by atoms with Crippen molar-refractivity contribution in [2.45, 2.75) is 0 Å². The maximum Gasteiger partial charge on any atom is 0.138 e. The number of anilines is 4. The van der Waals surface area contributed by atoms with Crippen LogP contribution in [0.4, 0.5) is 22.9 Å². The van der Waals surface area contributed by atoms with Crippen LogP contribution in [0.2, 0.25) is 0 Å². The minimum absolute atomic E-state index is 0.531. The van der Waals surface area contributed by atoms with Crippen LogP contribution in [0, 0.1) is 0 Å². The molecule has 2 aliphatic rings. The SMILES string of the molecule is c1ccc(-c2cc3cc(n2)N2CN(c4ccccc42)c2c(-c4ccccc4)cccc2-c2ccccc2-c2cccc(n2)-n2c4ccccc4c4ccc(cc42)O3)cc1. The zero-order valence-electron chi connectivity index (χ0n) is 31.9. The average molecular weight is 758 g/mol. The van der Waals surface area contributed by atoms with Gasteiger partial charge in [-0.15, -0.1) is 0 Å². The molecule has 0 spiro atoms. The molecule has 0 N–H and O–H groups in total. The average Bonchev–Trinajstić information content (AvgIpc) is 3.85. The molecule has 5 heterocycles. The van der Waals surface area contributed by atoms with Crippen molar-refractivity contribution in [2.24, 2.45) is 0 Å². The van der Waals surface area contributed by atoms with Gasteiger partial charge in [0.05, 0.1) is 39.5 Å². The van der Waals surface area contributed by atoms with Crippen molar-refractivity contribution < 1.29 is 4.74 Å². The van der Waals surface area contributed by atoms with E-state index >= 15 is 0 Å². The molecule has 278 valence electrons. The highest BCUT2D eigenvalue weighted by molar-refractivity contribution is 6.09. The lowest BCUT2D eigenvalue weighted by Gasteiger charge is -2.28. The molecule has 8 bridgehead atoms. The number of benzene rings is 7. The molecule has 0 saturated carbocycles. The molecule has 6 nitrogen and oxygen atoms in total. The Morgan fingerprint density at radius 3 is 1.88 bits per heavy atom. The molecular formula is C53H35N5O. The Bertz CT molecular complexity index is 3250. The summed E-state index contributed by atoms with van der Waals surface area (Å²) < 4.78 is 9.16. The van der Waals surface area contributed by atoms with Gasteiger partial charge in [-0.3, -0.25) is 4.57 Å². The van der Waals surface area contributed by atoms with E-state index in [0.29, 0.717) is 12.4 Å². The van der Waals surface area contributed by atoms with E-state index in [-0.39, 0.29) is 0 Å². The van der Waals surface area contributed by atoms with Gasteiger partial charge in [0.15, 0.2) is 0 Å². The quantitative estimate of drug-likeness (QED) is 0.176. The predicted molar refractivity (Wildman–Crippen MR) is 240 cm³/mol. The summed E-state index contributed by atoms with van der Waals surface area (Å²) in [5.74, 6) is 3.06. The van der Waals surface area contributed by atoms with Crippen LogP contribution in [0.3, 0.4) is 0 Å². The van der Waals surface area contributed by atoms with Gasteiger partial charge in [-0.2, -0.15) is 0 Å². The summed E-state index contributed by atoms with van der Waals surface area (Å²) in [5.41, 5.74) is 13.7. The number of fused-ring (bicyclic) bond motifs is 20. The summed E-state index contributed by atoms with van der Waals surface area (Å²) in [5, 5.41) is 2.29. The molecule has 3 aromatic heterocycles. The van der Waals surface area contributed by atoms with Gasteiger partial charge in [-0.25, -0.2) is 9.97 Å². The van der Waals surface area contributed by atoms with Crippen LogP contribution in [-0.4, -0.2) is 21.2 Å². The first-order chi connectivity index (χ1) is 29.2. The second-order valence-corrected chi connectivity index (χ2v) is 15.0. The largest absolute Gasteiger partial charge is 0.457 e. The number of nitrogens with zero attached hydrogens (tertiary/aromatic N) is 5. The fraction of sp³-hybridized carbons (Fsp3) is 0.0189. The van der Waals surface area contributed by atoms with Crippen LogP contribution in [0.5, 0.6) is 11.5 Å². The van der Waals surface area contributed by atoms with E-state index in [2.05, 4.69) is 202 Å². The van der Waals surface area contributed by atoms with Crippen molar-refractivity contribution in [3.05, 3.63) is 200 Å². The lowest BCUT2D eigenvalue weighted by atomic mass is 9.91. The van der Waals surface area contributed by atoms with Crippen molar-refractivity contribution >= 4 is 44.7 Å². The first-order valence-corrected chi connectivity index (χ1v) is 19.9. The van der Waals surface area contributed by atoms with Crippen LogP contribution in [0.25, 0.3) is 72.4 Å². The molecule has 6 heteroatoms. The number of aromatic nitrogens is 3. The van der Waals surface area contributed by atoms with Crippen molar-refractivity contribution in [1.29, 1.82) is 0 Å². The molecular weight excluding hydrogens is 723 g/mol. The lowest BCUT2D eigenvalue weighted by molar-refractivity contribution is 0.483. The van der Waals surface area contributed by atoms with Gasteiger partial charge < -0.3 is 14.5 Å². The van der Waals surface area contributed by atoms with Crippen LogP contribution in [-0.2, 0) is 0 Å². The molecule has 0 fully saturated rings. The van der Waals surface area contributed by atoms with Crippen molar-refractivity contribution in [3.63, 3.8) is 0 Å². The molecule has 10 aromatic rings. The summed E-state index contributed by atoms with van der Waals surface area (Å²) in [6.45, 7) is 0.531. The smallest absolute Gasteiger partial charge is 0.138 e. The van der Waals surface area contributed by atoms with Crippen LogP contribution >= 0.6 is 0 Å². The fourth-order valence-corrected chi connectivity index (χ4v) is 8.99. The maximum atomic E-state index is 6.90. The van der Waals surface area contributed by atoms with Crippen LogP contribution in [0.15, 0.2) is 200 Å². The van der Waals surface area contributed by atoms with E-state index in [1.54, 1.807) is 0 Å². The van der Waals surface area contributed by atoms with Crippen molar-refractivity contribution in [3.8, 4) is 62.1 Å². The third-order valence-electron chi connectivity index (χ3n) is 11.6. The Morgan fingerprint density at radius 1 is 0.390 bits per heavy atom. The van der Waals surface area contributed by atoms with Gasteiger partial charge in [-0.05, 0) is 53.6 Å². The highest BCUT2D eigenvalue weighted by Crippen LogP contribution is 2.51. The Hall–Kier alpha value is -7.96. The van der Waals surface area contributed by atoms with Gasteiger partial charge in [-0.1, -0.05) is 140 Å². The summed E-state index contributed by atoms with van der Waals surface area (Å²) >= 11 is 0. The molecule has 0 atom stereocenters. The van der Waals surface area contributed by atoms with E-state index in [4.69, 9.17) is 14.7 Å². The first kappa shape index (κ1) is 33.2. The standard InChI is InChI=1S/C53H35N5O/c1-3-15-35(16-4-1)39-22-13-23-44-40-19-7-8-20-41(40)45-24-14-28-51(54-45)58-47-25-10-9-21-42(47)43-30-29-37(32-50(43)58)59-38-31-46(36-17-5-2-6-18-36)55-52(33-38)56-34-57(53(39)44)49-27-12-11-26-48(49)56/h1-33H,34H2. The maximum absolute atomic E-state index is 6.90. The summed E-state index contributed by atoms with van der Waals surface area (Å²) in [6, 6.07) is 70.4. The minimum Gasteiger partial charge on any atom is -0.457 e. The number of hydrogen-bond donors (Lipinski definition) is 0. The van der Waals surface area contributed by atoms with Crippen LogP contribution < -0.4 is 14.5 Å². The third-order valence-corrected chi connectivity index (χ3v) is 11.6. The molecule has 0 amide bonds. The zero-order valence-corrected chi connectivity index (χ0v) is 31.9. The Morgan fingerprint density at radius 2 is 1.03 bits per heavy atom. The number of ether oxygens (including phenoxy) is 1. The van der Waals surface area contributed by atoms with E-state index in [0.717, 1.165) is 101 Å². The van der Waals surface area contributed by atoms with Gasteiger partial charge >= 0.3 is 0 Å². The molecule has 0 saturated heterocycles. The van der Waals surface area contributed by atoms with E-state index in [9.17, 15) is 0 Å². The topological polar surface area (TPSA) is 46.4 Å². The molecule has 0 unspecified atom stereocenters. The van der Waals surface area contributed by atoms with Gasteiger partial charge in [0.25, 0.3) is 0 Å². The molecule has 0 radical (unpaired) electrons. The first-order valence-electron chi connectivity index (χ1n) is 19.9. The Balaban J connectivity index is 1.18. The Kier molecular flexibility index (Phi) is 7.50. The van der Waals surface area contributed by atoms with E-state index in [1.165, 1.54) is 0 Å². The number of hydrogen-bond acceptors (Lipinski definition) is 5. The van der Waals surface area contributed by atoms with E-state index < -0.39 is 0 Å². The van der Waals surface area contributed by atoms with Gasteiger partial charge in [0.2, 0.25) is 0 Å². The molecule has 2 aliphatic heterocycles. The Labute approximate surface area is 341 Å². The summed E-state index contributed by atoms with van der Waals surface area (Å²) in [7, 11) is 0. The van der Waals surface area contributed by atoms with Crippen LogP contribution in [0.1, 0.15) is 0 Å². The summed E-state index contributed by atoms with van der Waals surface area (Å²) in [4.78, 5) is 15.6. The van der Waals surface area contributed by atoms with Gasteiger partial charge in [0, 0.05) is 51.2 Å². The lowest BCUT2D eigenvalue weighted by Crippen LogP contribution is -2.25. The van der Waals surface area contributed by atoms with E-state index in [1.807, 2.05) is 12.1 Å². The molecule has 7 aromatic carbocycles. The normalized spacial score (nSPS) is 12.7. The second-order valence-electron chi connectivity index (χ2n) is 15.0. The third kappa shape index (κ3) is 5.41. The van der Waals surface area contributed by atoms with Crippen molar-refractivity contribution in [2.75, 3.05) is 16.5 Å².